The fourth-order valence-electron chi connectivity index (χ4n) is 8.57. The molecule has 0 saturated carbocycles. The summed E-state index contributed by atoms with van der Waals surface area (Å²) >= 11 is 0. The van der Waals surface area contributed by atoms with Gasteiger partial charge in [0, 0.05) is 33.2 Å². The highest BCUT2D eigenvalue weighted by atomic mass is 16.3. The van der Waals surface area contributed by atoms with E-state index in [-0.39, 0.29) is 0 Å². The number of rotatable bonds is 7. The Bertz CT molecular complexity index is 3160. The van der Waals surface area contributed by atoms with E-state index >= 15 is 0 Å². The third-order valence-electron chi connectivity index (χ3n) is 11.2. The van der Waals surface area contributed by atoms with Gasteiger partial charge in [0.1, 0.15) is 11.2 Å². The topological polar surface area (TPSA) is 21.3 Å². The molecule has 0 radical (unpaired) electrons. The van der Waals surface area contributed by atoms with Crippen LogP contribution in [-0.4, -0.2) is 4.57 Å². The average Bonchev–Trinajstić information content (AvgIpc) is 3.84. The van der Waals surface area contributed by atoms with Gasteiger partial charge in [-0.15, -0.1) is 0 Å². The van der Waals surface area contributed by atoms with Crippen LogP contribution in [0.3, 0.4) is 0 Å². The number of aromatic nitrogens is 1. The Kier molecular flexibility index (Phi) is 7.82. The van der Waals surface area contributed by atoms with Crippen LogP contribution in [0.2, 0.25) is 0 Å². The highest BCUT2D eigenvalue weighted by molar-refractivity contribution is 6.13. The second-order valence-corrected chi connectivity index (χ2v) is 14.5. The van der Waals surface area contributed by atoms with E-state index in [2.05, 4.69) is 216 Å². The molecular weight excluding hydrogens is 693 g/mol. The standard InChI is InChI=1S/C54H36N2O/c1-3-14-38(15-4-1)44-35-28-40(36-48(44)39-16-5-2-6-17-39)37-26-29-41(30-27-37)55(51-23-13-25-53-54(51)47-20-9-12-24-52(47)57-53)42-31-33-43(34-32-42)56-49-21-10-7-18-45(49)46-19-8-11-22-50(46)56/h1-36H. The van der Waals surface area contributed by atoms with Gasteiger partial charge in [-0.2, -0.15) is 0 Å². The lowest BCUT2D eigenvalue weighted by Crippen LogP contribution is -2.10. The molecule has 0 saturated heterocycles. The third kappa shape index (κ3) is 5.60. The average molecular weight is 729 g/mol. The summed E-state index contributed by atoms with van der Waals surface area (Å²) in [5, 5.41) is 4.69. The predicted molar refractivity (Wildman–Crippen MR) is 239 cm³/mol. The number of hydrogen-bond acceptors (Lipinski definition) is 2. The molecule has 0 atom stereocenters. The Labute approximate surface area is 330 Å². The van der Waals surface area contributed by atoms with Gasteiger partial charge < -0.3 is 13.9 Å². The number of benzene rings is 9. The SMILES string of the molecule is c1ccc(-c2ccc(-c3ccc(N(c4ccc(-n5c6ccccc6c6ccccc65)cc4)c4cccc5oc6ccccc6c45)cc3)cc2-c2ccccc2)cc1. The van der Waals surface area contributed by atoms with Gasteiger partial charge in [0.05, 0.1) is 22.1 Å². The zero-order valence-corrected chi connectivity index (χ0v) is 31.1. The lowest BCUT2D eigenvalue weighted by atomic mass is 9.91. The van der Waals surface area contributed by atoms with Crippen molar-refractivity contribution in [2.45, 2.75) is 0 Å². The van der Waals surface area contributed by atoms with E-state index in [1.54, 1.807) is 0 Å². The fourth-order valence-corrected chi connectivity index (χ4v) is 8.57. The van der Waals surface area contributed by atoms with Gasteiger partial charge in [0.2, 0.25) is 0 Å². The quantitative estimate of drug-likeness (QED) is 0.163. The first kappa shape index (κ1) is 32.8. The Morgan fingerprint density at radius 3 is 1.54 bits per heavy atom. The number of anilines is 3. The zero-order chi connectivity index (χ0) is 37.7. The predicted octanol–water partition coefficient (Wildman–Crippen LogP) is 15.2. The van der Waals surface area contributed by atoms with Gasteiger partial charge in [-0.1, -0.05) is 146 Å². The first-order chi connectivity index (χ1) is 28.3. The number of furan rings is 1. The second-order valence-electron chi connectivity index (χ2n) is 14.5. The second kappa shape index (κ2) is 13.6. The van der Waals surface area contributed by atoms with Crippen molar-refractivity contribution in [3.05, 3.63) is 218 Å². The summed E-state index contributed by atoms with van der Waals surface area (Å²) in [4.78, 5) is 2.36. The number of fused-ring (bicyclic) bond motifs is 6. The molecule has 0 fully saturated rings. The van der Waals surface area contributed by atoms with Crippen LogP contribution >= 0.6 is 0 Å². The summed E-state index contributed by atoms with van der Waals surface area (Å²) in [5.74, 6) is 0. The molecule has 11 aromatic rings. The Morgan fingerprint density at radius 1 is 0.351 bits per heavy atom. The first-order valence-electron chi connectivity index (χ1n) is 19.4. The van der Waals surface area contributed by atoms with E-state index in [0.29, 0.717) is 0 Å². The van der Waals surface area contributed by atoms with Crippen molar-refractivity contribution in [1.29, 1.82) is 0 Å². The maximum absolute atomic E-state index is 6.40. The van der Waals surface area contributed by atoms with E-state index in [9.17, 15) is 0 Å². The maximum Gasteiger partial charge on any atom is 0.137 e. The molecule has 0 N–H and O–H groups in total. The molecule has 0 bridgehead atoms. The van der Waals surface area contributed by atoms with Gasteiger partial charge in [-0.25, -0.2) is 0 Å². The molecule has 3 heteroatoms. The van der Waals surface area contributed by atoms with Crippen molar-refractivity contribution in [3.63, 3.8) is 0 Å². The molecule has 0 aliphatic rings. The largest absolute Gasteiger partial charge is 0.456 e. The van der Waals surface area contributed by atoms with Crippen LogP contribution in [0.4, 0.5) is 17.1 Å². The number of para-hydroxylation sites is 3. The molecule has 0 aliphatic heterocycles. The number of nitrogens with zero attached hydrogens (tertiary/aromatic N) is 2. The molecule has 9 aromatic carbocycles. The lowest BCUT2D eigenvalue weighted by Gasteiger charge is -2.27. The minimum Gasteiger partial charge on any atom is -0.456 e. The lowest BCUT2D eigenvalue weighted by molar-refractivity contribution is 0.669. The molecule has 0 unspecified atom stereocenters. The van der Waals surface area contributed by atoms with Gasteiger partial charge in [0.25, 0.3) is 0 Å². The third-order valence-corrected chi connectivity index (χ3v) is 11.2. The maximum atomic E-state index is 6.40. The van der Waals surface area contributed by atoms with Crippen LogP contribution in [0.5, 0.6) is 0 Å². The van der Waals surface area contributed by atoms with E-state index in [4.69, 9.17) is 4.42 Å². The van der Waals surface area contributed by atoms with Crippen LogP contribution in [0.15, 0.2) is 223 Å². The molecule has 3 nitrogen and oxygen atoms in total. The van der Waals surface area contributed by atoms with Gasteiger partial charge >= 0.3 is 0 Å². The summed E-state index contributed by atoms with van der Waals surface area (Å²) in [6.45, 7) is 0. The highest BCUT2D eigenvalue weighted by Crippen LogP contribution is 2.44. The summed E-state index contributed by atoms with van der Waals surface area (Å²) in [7, 11) is 0. The van der Waals surface area contributed by atoms with Crippen LogP contribution in [0.25, 0.3) is 82.8 Å². The van der Waals surface area contributed by atoms with E-state index in [1.165, 1.54) is 49.6 Å². The minimum absolute atomic E-state index is 0.865. The molecule has 0 amide bonds. The van der Waals surface area contributed by atoms with Crippen molar-refractivity contribution in [2.24, 2.45) is 0 Å². The van der Waals surface area contributed by atoms with Crippen molar-refractivity contribution >= 4 is 60.8 Å². The monoisotopic (exact) mass is 728 g/mol. The van der Waals surface area contributed by atoms with E-state index in [1.807, 2.05) is 12.1 Å². The summed E-state index contributed by atoms with van der Waals surface area (Å²) in [5.41, 5.74) is 15.6. The summed E-state index contributed by atoms with van der Waals surface area (Å²) < 4.78 is 8.77. The molecule has 57 heavy (non-hydrogen) atoms. The van der Waals surface area contributed by atoms with Crippen LogP contribution < -0.4 is 4.90 Å². The van der Waals surface area contributed by atoms with Crippen LogP contribution in [0.1, 0.15) is 0 Å². The molecule has 2 heterocycles. The van der Waals surface area contributed by atoms with Crippen molar-refractivity contribution in [3.8, 4) is 39.1 Å². The molecular formula is C54H36N2O. The van der Waals surface area contributed by atoms with Gasteiger partial charge in [-0.05, 0) is 106 Å². The van der Waals surface area contributed by atoms with Crippen molar-refractivity contribution < 1.29 is 4.42 Å². The first-order valence-corrected chi connectivity index (χ1v) is 19.4. The minimum atomic E-state index is 0.865. The Balaban J connectivity index is 1.05. The zero-order valence-electron chi connectivity index (χ0n) is 31.1. The summed E-state index contributed by atoms with van der Waals surface area (Å²) in [6.07, 6.45) is 0. The number of hydrogen-bond donors (Lipinski definition) is 0. The smallest absolute Gasteiger partial charge is 0.137 e. The van der Waals surface area contributed by atoms with Crippen molar-refractivity contribution in [1.82, 2.24) is 4.57 Å². The summed E-state index contributed by atoms with van der Waals surface area (Å²) in [6, 6.07) is 78.1. The van der Waals surface area contributed by atoms with E-state index in [0.717, 1.165) is 50.3 Å². The molecule has 11 rings (SSSR count). The van der Waals surface area contributed by atoms with E-state index < -0.39 is 0 Å². The molecule has 0 spiro atoms. The van der Waals surface area contributed by atoms with Gasteiger partial charge in [0.15, 0.2) is 0 Å². The molecule has 0 aliphatic carbocycles. The molecule has 268 valence electrons. The molecule has 2 aromatic heterocycles. The highest BCUT2D eigenvalue weighted by Gasteiger charge is 2.20. The Morgan fingerprint density at radius 2 is 0.877 bits per heavy atom. The van der Waals surface area contributed by atoms with Crippen molar-refractivity contribution in [2.75, 3.05) is 4.90 Å². The normalized spacial score (nSPS) is 11.5. The fraction of sp³-hybridized carbons (Fsp3) is 0. The van der Waals surface area contributed by atoms with Gasteiger partial charge in [-0.3, -0.25) is 0 Å². The van der Waals surface area contributed by atoms with Crippen LogP contribution in [0, 0.1) is 0 Å². The van der Waals surface area contributed by atoms with Crippen LogP contribution in [-0.2, 0) is 0 Å². The Hall–Kier alpha value is -7.62.